The number of aliphatic carboxylic acids is 1. The first-order valence-electron chi connectivity index (χ1n) is 6.59. The Hall–Kier alpha value is -1.14. The van der Waals surface area contributed by atoms with Crippen LogP contribution in [0, 0.1) is 17.3 Å². The maximum absolute atomic E-state index is 12.0. The summed E-state index contributed by atoms with van der Waals surface area (Å²) in [6.07, 6.45) is -0.482. The normalized spacial score (nSPS) is 24.3. The van der Waals surface area contributed by atoms with Crippen LogP contribution < -0.4 is 5.32 Å². The van der Waals surface area contributed by atoms with E-state index in [2.05, 4.69) is 5.32 Å². The van der Waals surface area contributed by atoms with Gasteiger partial charge in [0.15, 0.2) is 6.29 Å². The Morgan fingerprint density at radius 3 is 2.11 bits per heavy atom. The van der Waals surface area contributed by atoms with Gasteiger partial charge in [0.25, 0.3) is 0 Å². The van der Waals surface area contributed by atoms with Gasteiger partial charge in [-0.3, -0.25) is 9.59 Å². The monoisotopic (exact) mass is 273 g/mol. The second kappa shape index (κ2) is 6.34. The summed E-state index contributed by atoms with van der Waals surface area (Å²) in [5.74, 6) is -2.25. The van der Waals surface area contributed by atoms with Gasteiger partial charge >= 0.3 is 5.97 Å². The molecule has 0 aromatic heterocycles. The average Bonchev–Trinajstić information content (AvgIpc) is 2.90. The van der Waals surface area contributed by atoms with Gasteiger partial charge in [-0.25, -0.2) is 0 Å². The molecule has 0 radical (unpaired) electrons. The van der Waals surface area contributed by atoms with Crippen LogP contribution in [0.25, 0.3) is 0 Å². The molecule has 2 unspecified atom stereocenters. The van der Waals surface area contributed by atoms with Crippen molar-refractivity contribution in [1.29, 1.82) is 0 Å². The second-order valence-corrected chi connectivity index (χ2v) is 5.20. The standard InChI is InChI=1S/C13H23NO5/c1-5-18-8(19-6-2)7-14-11(15)9-10(12(16)17)13(9,3)4/h8-10H,5-7H2,1-4H3,(H,14,15)(H,16,17). The van der Waals surface area contributed by atoms with E-state index in [4.69, 9.17) is 14.6 Å². The molecule has 1 fully saturated rings. The third kappa shape index (κ3) is 3.67. The smallest absolute Gasteiger partial charge is 0.307 e. The third-order valence-corrected chi connectivity index (χ3v) is 3.52. The number of carbonyl (C=O) groups is 2. The zero-order chi connectivity index (χ0) is 14.6. The molecule has 0 aromatic rings. The molecule has 2 N–H and O–H groups in total. The SMILES string of the molecule is CCOC(CNC(=O)C1C(C(=O)O)C1(C)C)OCC. The largest absolute Gasteiger partial charge is 0.481 e. The van der Waals surface area contributed by atoms with Crippen molar-refractivity contribution in [2.75, 3.05) is 19.8 Å². The zero-order valence-corrected chi connectivity index (χ0v) is 11.9. The summed E-state index contributed by atoms with van der Waals surface area (Å²) in [4.78, 5) is 23.0. The lowest BCUT2D eigenvalue weighted by molar-refractivity contribution is -0.143. The molecular formula is C13H23NO5. The molecule has 1 amide bonds. The first-order valence-corrected chi connectivity index (χ1v) is 6.59. The van der Waals surface area contributed by atoms with Crippen LogP contribution in [0.3, 0.4) is 0 Å². The summed E-state index contributed by atoms with van der Waals surface area (Å²) in [6.45, 7) is 8.49. The maximum Gasteiger partial charge on any atom is 0.307 e. The molecule has 6 heteroatoms. The number of rotatable bonds is 8. The molecule has 1 aliphatic carbocycles. The second-order valence-electron chi connectivity index (χ2n) is 5.20. The van der Waals surface area contributed by atoms with E-state index in [1.807, 2.05) is 13.8 Å². The van der Waals surface area contributed by atoms with Gasteiger partial charge in [-0.2, -0.15) is 0 Å². The van der Waals surface area contributed by atoms with E-state index in [-0.39, 0.29) is 12.5 Å². The highest BCUT2D eigenvalue weighted by atomic mass is 16.7. The summed E-state index contributed by atoms with van der Waals surface area (Å²) in [7, 11) is 0. The highest BCUT2D eigenvalue weighted by Gasteiger charge is 2.65. The first-order chi connectivity index (χ1) is 8.86. The van der Waals surface area contributed by atoms with Crippen molar-refractivity contribution in [3.8, 4) is 0 Å². The summed E-state index contributed by atoms with van der Waals surface area (Å²) in [6, 6.07) is 0. The van der Waals surface area contributed by atoms with Gasteiger partial charge in [-0.05, 0) is 19.3 Å². The Morgan fingerprint density at radius 1 is 1.21 bits per heavy atom. The number of ether oxygens (including phenoxy) is 2. The predicted octanol–water partition coefficient (Wildman–Crippen LogP) is 0.858. The molecule has 6 nitrogen and oxygen atoms in total. The Bertz CT molecular complexity index is 336. The maximum atomic E-state index is 12.0. The van der Waals surface area contributed by atoms with E-state index >= 15 is 0 Å². The van der Waals surface area contributed by atoms with E-state index in [1.165, 1.54) is 0 Å². The van der Waals surface area contributed by atoms with Crippen LogP contribution in [0.1, 0.15) is 27.7 Å². The number of carboxylic acids is 1. The molecule has 0 spiro atoms. The average molecular weight is 273 g/mol. The van der Waals surface area contributed by atoms with E-state index in [0.29, 0.717) is 13.2 Å². The Labute approximate surface area is 113 Å². The number of hydrogen-bond donors (Lipinski definition) is 2. The highest BCUT2D eigenvalue weighted by Crippen LogP contribution is 2.58. The first kappa shape index (κ1) is 15.9. The number of nitrogens with one attached hydrogen (secondary N) is 1. The Kier molecular flexibility index (Phi) is 5.31. The number of amides is 1. The van der Waals surface area contributed by atoms with Crippen LogP contribution in [-0.4, -0.2) is 43.0 Å². The van der Waals surface area contributed by atoms with Gasteiger partial charge in [-0.15, -0.1) is 0 Å². The number of carboxylic acid groups (broad SMARTS) is 1. The molecule has 1 saturated carbocycles. The predicted molar refractivity (Wildman–Crippen MR) is 68.4 cm³/mol. The van der Waals surface area contributed by atoms with Crippen molar-refractivity contribution in [3.05, 3.63) is 0 Å². The minimum Gasteiger partial charge on any atom is -0.481 e. The molecule has 0 saturated heterocycles. The lowest BCUT2D eigenvalue weighted by Gasteiger charge is -2.17. The minimum absolute atomic E-state index is 0.236. The van der Waals surface area contributed by atoms with Crippen LogP contribution >= 0.6 is 0 Å². The third-order valence-electron chi connectivity index (χ3n) is 3.52. The summed E-state index contributed by atoms with van der Waals surface area (Å²) < 4.78 is 10.6. The highest BCUT2D eigenvalue weighted by molar-refractivity contribution is 5.91. The van der Waals surface area contributed by atoms with Crippen molar-refractivity contribution in [2.24, 2.45) is 17.3 Å². The fourth-order valence-corrected chi connectivity index (χ4v) is 2.42. The van der Waals surface area contributed by atoms with Crippen molar-refractivity contribution in [2.45, 2.75) is 34.0 Å². The summed E-state index contributed by atoms with van der Waals surface area (Å²) in [5.41, 5.74) is -0.483. The molecule has 110 valence electrons. The lowest BCUT2D eigenvalue weighted by atomic mass is 10.1. The van der Waals surface area contributed by atoms with Crippen LogP contribution in [0.5, 0.6) is 0 Å². The Balaban J connectivity index is 2.46. The van der Waals surface area contributed by atoms with Gasteiger partial charge in [-0.1, -0.05) is 13.8 Å². The summed E-state index contributed by atoms with van der Waals surface area (Å²) >= 11 is 0. The molecule has 19 heavy (non-hydrogen) atoms. The molecular weight excluding hydrogens is 250 g/mol. The fraction of sp³-hybridized carbons (Fsp3) is 0.846. The van der Waals surface area contributed by atoms with Crippen LogP contribution in [0.15, 0.2) is 0 Å². The van der Waals surface area contributed by atoms with Crippen molar-refractivity contribution < 1.29 is 24.2 Å². The van der Waals surface area contributed by atoms with Crippen molar-refractivity contribution in [3.63, 3.8) is 0 Å². The van der Waals surface area contributed by atoms with E-state index in [0.717, 1.165) is 0 Å². The van der Waals surface area contributed by atoms with Gasteiger partial charge in [0.1, 0.15) is 0 Å². The molecule has 0 heterocycles. The number of hydrogen-bond acceptors (Lipinski definition) is 4. The van der Waals surface area contributed by atoms with Crippen molar-refractivity contribution >= 4 is 11.9 Å². The van der Waals surface area contributed by atoms with E-state index in [9.17, 15) is 9.59 Å². The van der Waals surface area contributed by atoms with Crippen molar-refractivity contribution in [1.82, 2.24) is 5.32 Å². The Morgan fingerprint density at radius 2 is 1.74 bits per heavy atom. The molecule has 1 aliphatic rings. The van der Waals surface area contributed by atoms with Gasteiger partial charge in [0, 0.05) is 13.2 Å². The van der Waals surface area contributed by atoms with Gasteiger partial charge in [0.05, 0.1) is 18.4 Å². The zero-order valence-electron chi connectivity index (χ0n) is 11.9. The van der Waals surface area contributed by atoms with Crippen LogP contribution in [0.2, 0.25) is 0 Å². The quantitative estimate of drug-likeness (QED) is 0.641. The van der Waals surface area contributed by atoms with Gasteiger partial charge in [0.2, 0.25) is 5.91 Å². The fourth-order valence-electron chi connectivity index (χ4n) is 2.42. The van der Waals surface area contributed by atoms with E-state index < -0.39 is 29.5 Å². The molecule has 0 aliphatic heterocycles. The molecule has 2 atom stereocenters. The summed E-state index contributed by atoms with van der Waals surface area (Å²) in [5, 5.41) is 11.7. The molecule has 0 bridgehead atoms. The topological polar surface area (TPSA) is 84.9 Å². The number of carbonyl (C=O) groups excluding carboxylic acids is 1. The minimum atomic E-state index is -0.920. The van der Waals surface area contributed by atoms with Crippen LogP contribution in [0.4, 0.5) is 0 Å². The molecule has 1 rings (SSSR count). The van der Waals surface area contributed by atoms with Crippen LogP contribution in [-0.2, 0) is 19.1 Å². The van der Waals surface area contributed by atoms with Gasteiger partial charge < -0.3 is 19.9 Å². The molecule has 0 aromatic carbocycles. The van der Waals surface area contributed by atoms with E-state index in [1.54, 1.807) is 13.8 Å². The lowest BCUT2D eigenvalue weighted by Crippen LogP contribution is -2.37.